The molecule has 7 heteroatoms. The average molecular weight is 397 g/mol. The Morgan fingerprint density at radius 3 is 2.43 bits per heavy atom. The molecule has 0 aliphatic rings. The Bertz CT molecular complexity index is 1020. The molecule has 0 spiro atoms. The molecular formula is C21H17ClN2O4. The highest BCUT2D eigenvalue weighted by atomic mass is 35.5. The minimum Gasteiger partial charge on any atom is -0.462 e. The summed E-state index contributed by atoms with van der Waals surface area (Å²) in [5.41, 5.74) is 2.44. The number of nitro groups is 1. The zero-order valence-electron chi connectivity index (χ0n) is 15.0. The molecule has 1 heterocycles. The molecule has 0 amide bonds. The van der Waals surface area contributed by atoms with E-state index in [9.17, 15) is 14.9 Å². The number of nitrogens with zero attached hydrogens (tertiary/aromatic N) is 2. The Balaban J connectivity index is 2.05. The molecule has 0 radical (unpaired) electrons. The summed E-state index contributed by atoms with van der Waals surface area (Å²) >= 11 is 5.96. The third-order valence-corrected chi connectivity index (χ3v) is 4.31. The van der Waals surface area contributed by atoms with Crippen LogP contribution in [0, 0.1) is 10.1 Å². The number of halogens is 1. The van der Waals surface area contributed by atoms with Crippen molar-refractivity contribution in [2.24, 2.45) is 0 Å². The molecule has 0 bridgehead atoms. The molecule has 0 saturated carbocycles. The first-order valence-corrected chi connectivity index (χ1v) is 8.94. The van der Waals surface area contributed by atoms with Crippen molar-refractivity contribution in [3.8, 4) is 5.69 Å². The van der Waals surface area contributed by atoms with Gasteiger partial charge < -0.3 is 9.30 Å². The second-order valence-corrected chi connectivity index (χ2v) is 6.30. The third-order valence-electron chi connectivity index (χ3n) is 4.06. The highest BCUT2D eigenvalue weighted by Crippen LogP contribution is 2.24. The van der Waals surface area contributed by atoms with E-state index in [1.165, 1.54) is 24.3 Å². The molecule has 1 aromatic heterocycles. The average Bonchev–Trinajstić information content (AvgIpc) is 3.15. The van der Waals surface area contributed by atoms with Crippen molar-refractivity contribution in [3.05, 3.63) is 93.3 Å². The van der Waals surface area contributed by atoms with Crippen molar-refractivity contribution in [1.29, 1.82) is 0 Å². The maximum atomic E-state index is 12.5. The van der Waals surface area contributed by atoms with Crippen LogP contribution in [0.5, 0.6) is 0 Å². The third kappa shape index (κ3) is 4.29. The number of hydrogen-bond acceptors (Lipinski definition) is 4. The number of nitro benzene ring substituents is 1. The number of rotatable bonds is 6. The molecule has 0 unspecified atom stereocenters. The van der Waals surface area contributed by atoms with Crippen LogP contribution < -0.4 is 0 Å². The maximum absolute atomic E-state index is 12.5. The number of carbonyl (C=O) groups is 1. The van der Waals surface area contributed by atoms with E-state index in [-0.39, 0.29) is 12.3 Å². The molecule has 0 saturated heterocycles. The van der Waals surface area contributed by atoms with Gasteiger partial charge in [-0.3, -0.25) is 10.1 Å². The lowest BCUT2D eigenvalue weighted by atomic mass is 10.0. The van der Waals surface area contributed by atoms with Crippen LogP contribution in [0.25, 0.3) is 17.3 Å². The van der Waals surface area contributed by atoms with Crippen molar-refractivity contribution >= 4 is 34.9 Å². The quantitative estimate of drug-likeness (QED) is 0.250. The molecule has 0 aliphatic carbocycles. The number of ether oxygens (including phenoxy) is 1. The number of esters is 1. The second kappa shape index (κ2) is 8.54. The van der Waals surface area contributed by atoms with Crippen molar-refractivity contribution < 1.29 is 14.5 Å². The van der Waals surface area contributed by atoms with E-state index in [4.69, 9.17) is 16.3 Å². The molecule has 6 nitrogen and oxygen atoms in total. The summed E-state index contributed by atoms with van der Waals surface area (Å²) in [6, 6.07) is 16.8. The van der Waals surface area contributed by atoms with Crippen LogP contribution in [0.4, 0.5) is 5.69 Å². The van der Waals surface area contributed by atoms with Crippen LogP contribution in [0.2, 0.25) is 5.02 Å². The van der Waals surface area contributed by atoms with Crippen molar-refractivity contribution in [1.82, 2.24) is 4.57 Å². The molecule has 0 atom stereocenters. The maximum Gasteiger partial charge on any atom is 0.338 e. The van der Waals surface area contributed by atoms with E-state index in [0.717, 1.165) is 11.4 Å². The van der Waals surface area contributed by atoms with Gasteiger partial charge in [-0.1, -0.05) is 11.6 Å². The highest BCUT2D eigenvalue weighted by Gasteiger charge is 2.16. The summed E-state index contributed by atoms with van der Waals surface area (Å²) in [5, 5.41) is 11.5. The van der Waals surface area contributed by atoms with Gasteiger partial charge in [0.15, 0.2) is 0 Å². The molecule has 0 fully saturated rings. The van der Waals surface area contributed by atoms with Crippen LogP contribution in [0.15, 0.2) is 66.9 Å². The van der Waals surface area contributed by atoms with E-state index in [0.29, 0.717) is 16.2 Å². The Morgan fingerprint density at radius 2 is 1.82 bits per heavy atom. The van der Waals surface area contributed by atoms with E-state index in [2.05, 4.69) is 0 Å². The zero-order valence-corrected chi connectivity index (χ0v) is 15.8. The Morgan fingerprint density at radius 1 is 1.14 bits per heavy atom. The molecule has 142 valence electrons. The lowest BCUT2D eigenvalue weighted by Crippen LogP contribution is -2.07. The van der Waals surface area contributed by atoms with Gasteiger partial charge in [-0.2, -0.15) is 0 Å². The first kappa shape index (κ1) is 19.4. The molecule has 0 N–H and O–H groups in total. The van der Waals surface area contributed by atoms with Crippen LogP contribution in [0.1, 0.15) is 18.2 Å². The summed E-state index contributed by atoms with van der Waals surface area (Å²) in [6.07, 6.45) is 3.57. The minimum atomic E-state index is -0.500. The summed E-state index contributed by atoms with van der Waals surface area (Å²) in [7, 11) is 0. The molecule has 2 aromatic carbocycles. The summed E-state index contributed by atoms with van der Waals surface area (Å²) in [5.74, 6) is -0.500. The zero-order chi connectivity index (χ0) is 20.1. The van der Waals surface area contributed by atoms with Crippen LogP contribution in [-0.2, 0) is 9.53 Å². The van der Waals surface area contributed by atoms with Gasteiger partial charge in [0.2, 0.25) is 0 Å². The lowest BCUT2D eigenvalue weighted by molar-refractivity contribution is -0.384. The van der Waals surface area contributed by atoms with Crippen molar-refractivity contribution in [3.63, 3.8) is 0 Å². The van der Waals surface area contributed by atoms with Gasteiger partial charge in [0.1, 0.15) is 0 Å². The predicted octanol–water partition coefficient (Wildman–Crippen LogP) is 5.14. The Hall–Kier alpha value is -3.38. The van der Waals surface area contributed by atoms with Crippen LogP contribution >= 0.6 is 11.6 Å². The normalized spacial score (nSPS) is 11.3. The van der Waals surface area contributed by atoms with Crippen LogP contribution in [-0.4, -0.2) is 22.1 Å². The van der Waals surface area contributed by atoms with E-state index in [1.807, 2.05) is 35.0 Å². The fourth-order valence-electron chi connectivity index (χ4n) is 2.73. The summed E-state index contributed by atoms with van der Waals surface area (Å²) < 4.78 is 7.08. The fourth-order valence-corrected chi connectivity index (χ4v) is 2.85. The van der Waals surface area contributed by atoms with Crippen molar-refractivity contribution in [2.75, 3.05) is 6.61 Å². The van der Waals surface area contributed by atoms with E-state index >= 15 is 0 Å². The van der Waals surface area contributed by atoms with Gasteiger partial charge >= 0.3 is 5.97 Å². The van der Waals surface area contributed by atoms with Gasteiger partial charge in [-0.15, -0.1) is 0 Å². The lowest BCUT2D eigenvalue weighted by Gasteiger charge is -2.10. The first-order chi connectivity index (χ1) is 13.5. The largest absolute Gasteiger partial charge is 0.462 e. The number of non-ortho nitro benzene ring substituents is 1. The number of hydrogen-bond donors (Lipinski definition) is 0. The van der Waals surface area contributed by atoms with Gasteiger partial charge in [0.25, 0.3) is 5.69 Å². The first-order valence-electron chi connectivity index (χ1n) is 8.56. The van der Waals surface area contributed by atoms with Gasteiger partial charge in [0, 0.05) is 34.7 Å². The number of carbonyl (C=O) groups excluding carboxylic acids is 1. The van der Waals surface area contributed by atoms with E-state index in [1.54, 1.807) is 25.1 Å². The highest BCUT2D eigenvalue weighted by molar-refractivity contribution is 6.30. The molecular weight excluding hydrogens is 380 g/mol. The molecule has 3 aromatic rings. The van der Waals surface area contributed by atoms with Crippen molar-refractivity contribution in [2.45, 2.75) is 6.92 Å². The van der Waals surface area contributed by atoms with Gasteiger partial charge in [-0.25, -0.2) is 4.79 Å². The predicted molar refractivity (Wildman–Crippen MR) is 108 cm³/mol. The van der Waals surface area contributed by atoms with E-state index < -0.39 is 10.9 Å². The Kier molecular flexibility index (Phi) is 5.91. The molecule has 0 aliphatic heterocycles. The number of benzene rings is 2. The minimum absolute atomic E-state index is 0.0449. The molecule has 3 rings (SSSR count). The monoisotopic (exact) mass is 396 g/mol. The van der Waals surface area contributed by atoms with Crippen LogP contribution in [0.3, 0.4) is 0 Å². The summed E-state index contributed by atoms with van der Waals surface area (Å²) in [6.45, 7) is 1.95. The standard InChI is InChI=1S/C21H17ClN2O4/c1-2-28-21(25)20(15-5-9-18(10-6-15)24(26)27)14-19-4-3-13-23(19)17-11-7-16(22)8-12-17/h3-14H,2H2,1H3. The molecule has 28 heavy (non-hydrogen) atoms. The van der Waals surface area contributed by atoms with Gasteiger partial charge in [0.05, 0.1) is 17.1 Å². The Labute approximate surface area is 166 Å². The fraction of sp³-hybridized carbons (Fsp3) is 0.0952. The smallest absolute Gasteiger partial charge is 0.338 e. The number of aromatic nitrogens is 1. The summed E-state index contributed by atoms with van der Waals surface area (Å²) in [4.78, 5) is 22.9. The SMILES string of the molecule is CCOC(=O)C(=Cc1cccn1-c1ccc(Cl)cc1)c1ccc([N+](=O)[O-])cc1. The second-order valence-electron chi connectivity index (χ2n) is 5.86. The topological polar surface area (TPSA) is 74.4 Å². The van der Waals surface area contributed by atoms with Gasteiger partial charge in [-0.05, 0) is 67.1 Å².